The molecular formula is C13H18N4O4. The lowest BCUT2D eigenvalue weighted by molar-refractivity contribution is -0.139. The molecule has 0 aromatic carbocycles. The number of hydrogen-bond acceptors (Lipinski definition) is 5. The Balaban J connectivity index is 2.37. The number of carbonyl (C=O) groups is 3. The third-order valence-corrected chi connectivity index (χ3v) is 2.60. The first-order chi connectivity index (χ1) is 9.78. The Kier molecular flexibility index (Phi) is 5.77. The zero-order chi connectivity index (χ0) is 15.9. The lowest BCUT2D eigenvalue weighted by Gasteiger charge is -2.21. The Morgan fingerprint density at radius 1 is 1.29 bits per heavy atom. The number of aromatic nitrogens is 2. The highest BCUT2D eigenvalue weighted by molar-refractivity contribution is 5.94. The Bertz CT molecular complexity index is 516. The van der Waals surface area contributed by atoms with Crippen LogP contribution in [0.3, 0.4) is 0 Å². The molecule has 0 unspecified atom stereocenters. The van der Waals surface area contributed by atoms with Crippen LogP contribution in [0.25, 0.3) is 0 Å². The molecule has 1 aromatic rings. The minimum absolute atomic E-state index is 0.0553. The molecule has 0 aliphatic heterocycles. The van der Waals surface area contributed by atoms with Gasteiger partial charge in [-0.15, -0.1) is 0 Å². The van der Waals surface area contributed by atoms with Gasteiger partial charge in [0.2, 0.25) is 5.91 Å². The zero-order valence-electron chi connectivity index (χ0n) is 11.9. The second-order valence-corrected chi connectivity index (χ2v) is 5.34. The van der Waals surface area contributed by atoms with E-state index in [9.17, 15) is 14.4 Å². The minimum atomic E-state index is -0.985. The van der Waals surface area contributed by atoms with E-state index in [1.165, 1.54) is 6.33 Å². The second kappa shape index (κ2) is 7.32. The average molecular weight is 294 g/mol. The molecule has 0 saturated heterocycles. The van der Waals surface area contributed by atoms with E-state index in [0.717, 1.165) is 0 Å². The van der Waals surface area contributed by atoms with Gasteiger partial charge in [-0.25, -0.2) is 14.8 Å². The van der Waals surface area contributed by atoms with Crippen molar-refractivity contribution in [3.8, 4) is 0 Å². The van der Waals surface area contributed by atoms with Crippen LogP contribution in [0.1, 0.15) is 32.4 Å². The molecule has 8 heteroatoms. The van der Waals surface area contributed by atoms with Crippen molar-refractivity contribution in [2.24, 2.45) is 5.41 Å². The average Bonchev–Trinajstić information content (AvgIpc) is 2.35. The number of imide groups is 1. The molecule has 0 saturated carbocycles. The van der Waals surface area contributed by atoms with Crippen LogP contribution in [0.2, 0.25) is 0 Å². The predicted octanol–water partition coefficient (Wildman–Crippen LogP) is 0.693. The quantitative estimate of drug-likeness (QED) is 0.709. The second-order valence-electron chi connectivity index (χ2n) is 5.34. The van der Waals surface area contributed by atoms with E-state index >= 15 is 0 Å². The van der Waals surface area contributed by atoms with E-state index in [-0.39, 0.29) is 19.4 Å². The van der Waals surface area contributed by atoms with Crippen molar-refractivity contribution in [2.45, 2.75) is 33.2 Å². The molecule has 1 rings (SSSR count). The lowest BCUT2D eigenvalue weighted by Crippen LogP contribution is -2.41. The molecular weight excluding hydrogens is 276 g/mol. The van der Waals surface area contributed by atoms with E-state index in [1.807, 2.05) is 0 Å². The maximum Gasteiger partial charge on any atom is 0.321 e. The maximum absolute atomic E-state index is 11.7. The van der Waals surface area contributed by atoms with E-state index < -0.39 is 23.3 Å². The van der Waals surface area contributed by atoms with Crippen LogP contribution >= 0.6 is 0 Å². The van der Waals surface area contributed by atoms with E-state index in [2.05, 4.69) is 20.6 Å². The molecule has 114 valence electrons. The van der Waals surface area contributed by atoms with Gasteiger partial charge < -0.3 is 10.4 Å². The van der Waals surface area contributed by atoms with Crippen molar-refractivity contribution in [3.63, 3.8) is 0 Å². The number of aliphatic carboxylic acids is 1. The number of rotatable bonds is 6. The van der Waals surface area contributed by atoms with Gasteiger partial charge >= 0.3 is 12.0 Å². The molecule has 1 heterocycles. The van der Waals surface area contributed by atoms with Gasteiger partial charge in [-0.05, 0) is 11.5 Å². The summed E-state index contributed by atoms with van der Waals surface area (Å²) >= 11 is 0. The standard InChI is InChI=1S/C13H18N4O4/c1-13(2,6-11(19)20)5-10(18)17-12(21)15-7-9-3-4-14-8-16-9/h3-4,8H,5-7H2,1-2H3,(H,19,20)(H2,15,17,18,21). The van der Waals surface area contributed by atoms with Crippen LogP contribution in [0.4, 0.5) is 4.79 Å². The molecule has 21 heavy (non-hydrogen) atoms. The predicted molar refractivity (Wildman–Crippen MR) is 73.1 cm³/mol. The maximum atomic E-state index is 11.7. The van der Waals surface area contributed by atoms with Crippen molar-refractivity contribution < 1.29 is 19.5 Å². The van der Waals surface area contributed by atoms with Crippen molar-refractivity contribution in [1.29, 1.82) is 0 Å². The highest BCUT2D eigenvalue weighted by atomic mass is 16.4. The smallest absolute Gasteiger partial charge is 0.321 e. The number of carbonyl (C=O) groups excluding carboxylic acids is 2. The molecule has 0 radical (unpaired) electrons. The zero-order valence-corrected chi connectivity index (χ0v) is 11.9. The topological polar surface area (TPSA) is 121 Å². The van der Waals surface area contributed by atoms with Crippen LogP contribution < -0.4 is 10.6 Å². The van der Waals surface area contributed by atoms with Gasteiger partial charge in [-0.3, -0.25) is 14.9 Å². The van der Waals surface area contributed by atoms with Crippen LogP contribution in [-0.4, -0.2) is 33.0 Å². The number of nitrogens with one attached hydrogen (secondary N) is 2. The largest absolute Gasteiger partial charge is 0.481 e. The third kappa shape index (κ3) is 7.00. The van der Waals surface area contributed by atoms with E-state index in [0.29, 0.717) is 5.69 Å². The molecule has 0 spiro atoms. The summed E-state index contributed by atoms with van der Waals surface area (Å²) in [4.78, 5) is 41.5. The Hall–Kier alpha value is -2.51. The fourth-order valence-corrected chi connectivity index (χ4v) is 1.72. The summed E-state index contributed by atoms with van der Waals surface area (Å²) in [5, 5.41) is 13.4. The normalized spacial score (nSPS) is 10.8. The first-order valence-electron chi connectivity index (χ1n) is 6.33. The first-order valence-corrected chi connectivity index (χ1v) is 6.33. The van der Waals surface area contributed by atoms with Crippen LogP contribution in [0, 0.1) is 5.41 Å². The summed E-state index contributed by atoms with van der Waals surface area (Å²) in [6.07, 6.45) is 2.69. The number of amides is 3. The summed E-state index contributed by atoms with van der Waals surface area (Å²) < 4.78 is 0. The van der Waals surface area contributed by atoms with Gasteiger partial charge in [0.15, 0.2) is 0 Å². The van der Waals surface area contributed by atoms with Crippen molar-refractivity contribution in [3.05, 3.63) is 24.3 Å². The SMILES string of the molecule is CC(C)(CC(=O)O)CC(=O)NC(=O)NCc1ccncn1. The molecule has 0 atom stereocenters. The fourth-order valence-electron chi connectivity index (χ4n) is 1.72. The fraction of sp³-hybridized carbons (Fsp3) is 0.462. The molecule has 8 nitrogen and oxygen atoms in total. The summed E-state index contributed by atoms with van der Waals surface area (Å²) in [6, 6.07) is 0.989. The third-order valence-electron chi connectivity index (χ3n) is 2.60. The molecule has 0 fully saturated rings. The van der Waals surface area contributed by atoms with Gasteiger partial charge in [0.25, 0.3) is 0 Å². The molecule has 0 aliphatic carbocycles. The van der Waals surface area contributed by atoms with Crippen LogP contribution in [0.5, 0.6) is 0 Å². The Morgan fingerprint density at radius 3 is 2.57 bits per heavy atom. The van der Waals surface area contributed by atoms with E-state index in [4.69, 9.17) is 5.11 Å². The number of urea groups is 1. The first kappa shape index (κ1) is 16.5. The summed E-state index contributed by atoms with van der Waals surface area (Å²) in [7, 11) is 0. The van der Waals surface area contributed by atoms with Crippen LogP contribution in [-0.2, 0) is 16.1 Å². The lowest BCUT2D eigenvalue weighted by atomic mass is 9.85. The summed E-state index contributed by atoms with van der Waals surface area (Å²) in [5.74, 6) is -1.51. The van der Waals surface area contributed by atoms with E-state index in [1.54, 1.807) is 26.1 Å². The molecule has 3 amide bonds. The minimum Gasteiger partial charge on any atom is -0.481 e. The molecule has 0 bridgehead atoms. The van der Waals surface area contributed by atoms with Crippen LogP contribution in [0.15, 0.2) is 18.6 Å². The molecule has 1 aromatic heterocycles. The molecule has 0 aliphatic rings. The van der Waals surface area contributed by atoms with Gasteiger partial charge in [0.1, 0.15) is 6.33 Å². The van der Waals surface area contributed by atoms with Gasteiger partial charge in [-0.1, -0.05) is 13.8 Å². The Labute approximate surface area is 122 Å². The van der Waals surface area contributed by atoms with Gasteiger partial charge in [0, 0.05) is 12.6 Å². The van der Waals surface area contributed by atoms with Crippen molar-refractivity contribution >= 4 is 17.9 Å². The van der Waals surface area contributed by atoms with Crippen molar-refractivity contribution in [2.75, 3.05) is 0 Å². The number of hydrogen-bond donors (Lipinski definition) is 3. The highest BCUT2D eigenvalue weighted by Crippen LogP contribution is 2.24. The van der Waals surface area contributed by atoms with Gasteiger partial charge in [-0.2, -0.15) is 0 Å². The number of nitrogens with zero attached hydrogens (tertiary/aromatic N) is 2. The summed E-state index contributed by atoms with van der Waals surface area (Å²) in [6.45, 7) is 3.47. The number of carboxylic acids is 1. The highest BCUT2D eigenvalue weighted by Gasteiger charge is 2.25. The van der Waals surface area contributed by atoms with Gasteiger partial charge in [0.05, 0.1) is 18.7 Å². The Morgan fingerprint density at radius 2 is 2.00 bits per heavy atom. The summed E-state index contributed by atoms with van der Waals surface area (Å²) in [5.41, 5.74) is -0.109. The number of carboxylic acid groups (broad SMARTS) is 1. The monoisotopic (exact) mass is 294 g/mol. The van der Waals surface area contributed by atoms with Crippen molar-refractivity contribution in [1.82, 2.24) is 20.6 Å². The molecule has 3 N–H and O–H groups in total.